The summed E-state index contributed by atoms with van der Waals surface area (Å²) in [6.07, 6.45) is 1.51. The molecule has 3 aromatic rings. The summed E-state index contributed by atoms with van der Waals surface area (Å²) >= 11 is 0. The predicted octanol–water partition coefficient (Wildman–Crippen LogP) is 4.65. The highest BCUT2D eigenvalue weighted by Gasteiger charge is 2.15. The van der Waals surface area contributed by atoms with Crippen molar-refractivity contribution in [2.45, 2.75) is 13.0 Å². The fourth-order valence-electron chi connectivity index (χ4n) is 2.93. The van der Waals surface area contributed by atoms with Crippen LogP contribution in [0.4, 0.5) is 21.9 Å². The van der Waals surface area contributed by atoms with Gasteiger partial charge >= 0.3 is 6.03 Å². The first-order valence-corrected chi connectivity index (χ1v) is 8.75. The first kappa shape index (κ1) is 19.0. The lowest BCUT2D eigenvalue weighted by atomic mass is 9.98. The number of hydrogen-bond acceptors (Lipinski definition) is 4. The summed E-state index contributed by atoms with van der Waals surface area (Å²) in [6.45, 7) is 1.77. The number of hydrogen-bond donors (Lipinski definition) is 3. The van der Waals surface area contributed by atoms with Crippen LogP contribution in [0.2, 0.25) is 0 Å². The summed E-state index contributed by atoms with van der Waals surface area (Å²) in [5, 5.41) is 5.63. The molecule has 0 fully saturated rings. The molecule has 0 heterocycles. The van der Waals surface area contributed by atoms with Gasteiger partial charge in [0.25, 0.3) is 0 Å². The minimum Gasteiger partial charge on any atom is -0.320 e. The molecule has 0 aliphatic heterocycles. The van der Waals surface area contributed by atoms with E-state index in [0.717, 1.165) is 11.1 Å². The van der Waals surface area contributed by atoms with Gasteiger partial charge in [-0.1, -0.05) is 54.6 Å². The Kier molecular flexibility index (Phi) is 5.97. The molecular formula is C22H20N4O2. The number of anilines is 2. The molecule has 2 amide bonds. The van der Waals surface area contributed by atoms with Crippen LogP contribution in [0.3, 0.4) is 0 Å². The third-order valence-electron chi connectivity index (χ3n) is 4.42. The van der Waals surface area contributed by atoms with Gasteiger partial charge in [0.05, 0.1) is 11.7 Å². The smallest absolute Gasteiger partial charge is 0.320 e. The average molecular weight is 372 g/mol. The van der Waals surface area contributed by atoms with Crippen molar-refractivity contribution in [3.8, 4) is 0 Å². The zero-order valence-corrected chi connectivity index (χ0v) is 15.3. The number of carbonyl (C=O) groups is 1. The third kappa shape index (κ3) is 4.32. The number of carbonyl (C=O) groups excluding carboxylic acids is 2. The molecule has 4 N–H and O–H groups in total. The van der Waals surface area contributed by atoms with Crippen LogP contribution >= 0.6 is 0 Å². The SMILES string of the molecule is Cc1c(N=C=O)cccc1NC(=O)Nc1ccccc1C(N)c1ccccc1. The van der Waals surface area contributed by atoms with Crippen molar-refractivity contribution in [1.82, 2.24) is 0 Å². The van der Waals surface area contributed by atoms with E-state index in [0.29, 0.717) is 22.6 Å². The highest BCUT2D eigenvalue weighted by Crippen LogP contribution is 2.28. The van der Waals surface area contributed by atoms with Gasteiger partial charge in [-0.3, -0.25) is 0 Å². The third-order valence-corrected chi connectivity index (χ3v) is 4.42. The van der Waals surface area contributed by atoms with Crippen LogP contribution in [0.1, 0.15) is 22.7 Å². The number of isocyanates is 1. The van der Waals surface area contributed by atoms with Crippen LogP contribution in [0, 0.1) is 6.92 Å². The minimum absolute atomic E-state index is 0.371. The largest absolute Gasteiger partial charge is 0.323 e. The van der Waals surface area contributed by atoms with Crippen LogP contribution in [-0.4, -0.2) is 12.1 Å². The van der Waals surface area contributed by atoms with E-state index in [4.69, 9.17) is 5.73 Å². The Morgan fingerprint density at radius 2 is 1.57 bits per heavy atom. The summed E-state index contributed by atoms with van der Waals surface area (Å²) in [5.41, 5.74) is 10.5. The first-order valence-electron chi connectivity index (χ1n) is 8.75. The maximum atomic E-state index is 12.5. The molecule has 0 radical (unpaired) electrons. The molecule has 0 aliphatic rings. The molecule has 0 saturated carbocycles. The lowest BCUT2D eigenvalue weighted by Gasteiger charge is -2.18. The average Bonchev–Trinajstić information content (AvgIpc) is 2.72. The molecule has 3 rings (SSSR count). The van der Waals surface area contributed by atoms with E-state index >= 15 is 0 Å². The van der Waals surface area contributed by atoms with Gasteiger partial charge in [0, 0.05) is 11.4 Å². The standard InChI is InChI=1S/C22H20N4O2/c1-15-18(24-14-27)12-7-13-19(15)25-22(28)26-20-11-6-5-10-17(20)21(23)16-8-3-2-4-9-16/h2-13,21H,23H2,1H3,(H2,25,26,28). The summed E-state index contributed by atoms with van der Waals surface area (Å²) < 4.78 is 0. The van der Waals surface area contributed by atoms with Crippen molar-refractivity contribution in [2.75, 3.05) is 10.6 Å². The Morgan fingerprint density at radius 3 is 2.32 bits per heavy atom. The van der Waals surface area contributed by atoms with Crippen molar-refractivity contribution in [1.29, 1.82) is 0 Å². The molecule has 0 aromatic heterocycles. The van der Waals surface area contributed by atoms with Crippen LogP contribution in [-0.2, 0) is 4.79 Å². The van der Waals surface area contributed by atoms with Crippen molar-refractivity contribution >= 4 is 29.2 Å². The van der Waals surface area contributed by atoms with E-state index < -0.39 is 6.03 Å². The number of nitrogens with two attached hydrogens (primary N) is 1. The molecule has 0 aliphatic carbocycles. The second kappa shape index (κ2) is 8.77. The Morgan fingerprint density at radius 1 is 0.929 bits per heavy atom. The maximum absolute atomic E-state index is 12.5. The molecule has 1 atom stereocenters. The number of urea groups is 1. The van der Waals surface area contributed by atoms with Crippen molar-refractivity contribution in [3.05, 3.63) is 89.5 Å². The number of nitrogens with one attached hydrogen (secondary N) is 2. The molecule has 6 nitrogen and oxygen atoms in total. The van der Waals surface area contributed by atoms with Gasteiger partial charge in [0.2, 0.25) is 6.08 Å². The van der Waals surface area contributed by atoms with Crippen LogP contribution < -0.4 is 16.4 Å². The van der Waals surface area contributed by atoms with Crippen LogP contribution in [0.5, 0.6) is 0 Å². The molecule has 140 valence electrons. The summed E-state index contributed by atoms with van der Waals surface area (Å²) in [4.78, 5) is 26.7. The number of rotatable bonds is 5. The molecule has 3 aromatic carbocycles. The van der Waals surface area contributed by atoms with E-state index in [1.165, 1.54) is 6.08 Å². The number of aliphatic imine (C=N–C) groups is 1. The van der Waals surface area contributed by atoms with Crippen molar-refractivity contribution in [2.24, 2.45) is 10.7 Å². The first-order chi connectivity index (χ1) is 13.6. The van der Waals surface area contributed by atoms with Crippen molar-refractivity contribution < 1.29 is 9.59 Å². The van der Waals surface area contributed by atoms with E-state index in [1.807, 2.05) is 48.5 Å². The van der Waals surface area contributed by atoms with Gasteiger partial charge in [-0.25, -0.2) is 9.59 Å². The van der Waals surface area contributed by atoms with E-state index in [9.17, 15) is 9.59 Å². The second-order valence-corrected chi connectivity index (χ2v) is 6.21. The summed E-state index contributed by atoms with van der Waals surface area (Å²) in [5.74, 6) is 0. The van der Waals surface area contributed by atoms with Crippen LogP contribution in [0.15, 0.2) is 77.8 Å². The van der Waals surface area contributed by atoms with Gasteiger partial charge in [-0.2, -0.15) is 4.99 Å². The number of amides is 2. The molecule has 6 heteroatoms. The van der Waals surface area contributed by atoms with E-state index in [1.54, 1.807) is 31.2 Å². The summed E-state index contributed by atoms with van der Waals surface area (Å²) in [6, 6.07) is 21.4. The molecule has 28 heavy (non-hydrogen) atoms. The van der Waals surface area contributed by atoms with Gasteiger partial charge in [-0.15, -0.1) is 0 Å². The molecule has 0 bridgehead atoms. The lowest BCUT2D eigenvalue weighted by Crippen LogP contribution is -2.22. The highest BCUT2D eigenvalue weighted by atomic mass is 16.2. The van der Waals surface area contributed by atoms with Gasteiger partial charge in [-0.05, 0) is 41.8 Å². The quantitative estimate of drug-likeness (QED) is 0.449. The maximum Gasteiger partial charge on any atom is 0.323 e. The van der Waals surface area contributed by atoms with Gasteiger partial charge < -0.3 is 16.4 Å². The monoisotopic (exact) mass is 372 g/mol. The predicted molar refractivity (Wildman–Crippen MR) is 111 cm³/mol. The zero-order valence-electron chi connectivity index (χ0n) is 15.3. The van der Waals surface area contributed by atoms with E-state index in [-0.39, 0.29) is 6.04 Å². The summed E-state index contributed by atoms with van der Waals surface area (Å²) in [7, 11) is 0. The van der Waals surface area contributed by atoms with Gasteiger partial charge in [0.15, 0.2) is 0 Å². The Balaban J connectivity index is 1.81. The highest BCUT2D eigenvalue weighted by molar-refractivity contribution is 6.01. The topological polar surface area (TPSA) is 96.6 Å². The van der Waals surface area contributed by atoms with Crippen LogP contribution in [0.25, 0.3) is 0 Å². The van der Waals surface area contributed by atoms with Gasteiger partial charge in [0.1, 0.15) is 0 Å². The Hall–Kier alpha value is -3.73. The Bertz CT molecular complexity index is 1030. The minimum atomic E-state index is -0.414. The van der Waals surface area contributed by atoms with Crippen molar-refractivity contribution in [3.63, 3.8) is 0 Å². The zero-order chi connectivity index (χ0) is 19.9. The fourth-order valence-corrected chi connectivity index (χ4v) is 2.93. The number of nitrogens with zero attached hydrogens (tertiary/aromatic N) is 1. The molecule has 1 unspecified atom stereocenters. The molecule has 0 spiro atoms. The number of para-hydroxylation sites is 1. The lowest BCUT2D eigenvalue weighted by molar-refractivity contribution is 0.262. The second-order valence-electron chi connectivity index (χ2n) is 6.21. The normalized spacial score (nSPS) is 11.2. The fraction of sp³-hybridized carbons (Fsp3) is 0.0909. The Labute approximate surface area is 163 Å². The molecular weight excluding hydrogens is 352 g/mol. The number of benzene rings is 3. The van der Waals surface area contributed by atoms with E-state index in [2.05, 4.69) is 15.6 Å². The molecule has 0 saturated heterocycles.